The first-order valence-corrected chi connectivity index (χ1v) is 5.24. The summed E-state index contributed by atoms with van der Waals surface area (Å²) < 4.78 is 0. The van der Waals surface area contributed by atoms with Crippen molar-refractivity contribution >= 4 is 11.8 Å². The Kier molecular flexibility index (Phi) is 9.17. The molecule has 0 rings (SSSR count). The molecule has 0 aliphatic carbocycles. The van der Waals surface area contributed by atoms with Crippen molar-refractivity contribution in [1.82, 2.24) is 0 Å². The summed E-state index contributed by atoms with van der Waals surface area (Å²) in [5.74, 6) is 1.29. The Labute approximate surface area is 69.1 Å². The van der Waals surface area contributed by atoms with Crippen LogP contribution >= 0.6 is 11.8 Å². The van der Waals surface area contributed by atoms with E-state index in [9.17, 15) is 0 Å². The number of hydrogen-bond acceptors (Lipinski definition) is 1. The van der Waals surface area contributed by atoms with E-state index >= 15 is 0 Å². The second-order valence-electron chi connectivity index (χ2n) is 2.25. The van der Waals surface area contributed by atoms with Gasteiger partial charge in [0.2, 0.25) is 0 Å². The van der Waals surface area contributed by atoms with Gasteiger partial charge in [0.25, 0.3) is 0 Å². The maximum Gasteiger partial charge on any atom is -0.00674 e. The number of hydrogen-bond donors (Lipinski definition) is 0. The second-order valence-corrected chi connectivity index (χ2v) is 3.23. The minimum Gasteiger partial charge on any atom is -0.165 e. The summed E-state index contributed by atoms with van der Waals surface area (Å²) in [5.41, 5.74) is 0. The van der Waals surface area contributed by atoms with Crippen LogP contribution in [0.15, 0.2) is 12.2 Å². The van der Waals surface area contributed by atoms with Crippen LogP contribution < -0.4 is 0 Å². The van der Waals surface area contributed by atoms with Gasteiger partial charge in [-0.05, 0) is 37.7 Å². The summed E-state index contributed by atoms with van der Waals surface area (Å²) in [5, 5.41) is 0. The van der Waals surface area contributed by atoms with Gasteiger partial charge in [-0.15, -0.1) is 0 Å². The van der Waals surface area contributed by atoms with Crippen LogP contribution in [0.25, 0.3) is 0 Å². The Morgan fingerprint density at radius 1 is 1.30 bits per heavy atom. The van der Waals surface area contributed by atoms with Gasteiger partial charge in [-0.3, -0.25) is 0 Å². The Balaban J connectivity index is 2.88. The Bertz CT molecular complexity index is 76.8. The van der Waals surface area contributed by atoms with Crippen LogP contribution in [0, 0.1) is 6.92 Å². The minimum atomic E-state index is 1.03. The van der Waals surface area contributed by atoms with E-state index in [0.717, 1.165) is 12.8 Å². The van der Waals surface area contributed by atoms with E-state index in [-0.39, 0.29) is 0 Å². The molecule has 0 saturated carbocycles. The molecule has 0 saturated heterocycles. The smallest absolute Gasteiger partial charge is 0.00674 e. The third kappa shape index (κ3) is 8.09. The zero-order valence-corrected chi connectivity index (χ0v) is 7.62. The molecule has 0 atom stereocenters. The highest BCUT2D eigenvalue weighted by atomic mass is 32.2. The van der Waals surface area contributed by atoms with Gasteiger partial charge in [-0.25, -0.2) is 0 Å². The average molecular weight is 157 g/mol. The van der Waals surface area contributed by atoms with Crippen LogP contribution in [0.2, 0.25) is 0 Å². The molecule has 0 amide bonds. The highest BCUT2D eigenvalue weighted by Gasteiger charge is 1.80. The predicted octanol–water partition coefficient (Wildman–Crippen LogP) is 3.30. The molecule has 0 heterocycles. The van der Waals surface area contributed by atoms with Crippen LogP contribution in [-0.2, 0) is 0 Å². The van der Waals surface area contributed by atoms with Crippen molar-refractivity contribution in [3.8, 4) is 0 Å². The van der Waals surface area contributed by atoms with Crippen molar-refractivity contribution in [1.29, 1.82) is 0 Å². The second kappa shape index (κ2) is 9.09. The quantitative estimate of drug-likeness (QED) is 0.421. The van der Waals surface area contributed by atoms with Crippen molar-refractivity contribution in [3.05, 3.63) is 19.1 Å². The van der Waals surface area contributed by atoms with E-state index in [2.05, 4.69) is 25.3 Å². The van der Waals surface area contributed by atoms with Crippen LogP contribution in [-0.4, -0.2) is 12.0 Å². The lowest BCUT2D eigenvalue weighted by Gasteiger charge is -1.90. The number of unbranched alkanes of at least 4 members (excludes halogenated alkanes) is 2. The van der Waals surface area contributed by atoms with E-state index in [4.69, 9.17) is 0 Å². The molecule has 1 radical (unpaired) electrons. The summed E-state index contributed by atoms with van der Waals surface area (Å²) in [6.45, 7) is 3.76. The largest absolute Gasteiger partial charge is 0.165 e. The highest BCUT2D eigenvalue weighted by molar-refractivity contribution is 7.98. The summed E-state index contributed by atoms with van der Waals surface area (Å²) in [7, 11) is 0. The maximum absolute atomic E-state index is 3.76. The lowest BCUT2D eigenvalue weighted by atomic mass is 10.2. The molecule has 0 aromatic carbocycles. The van der Waals surface area contributed by atoms with Gasteiger partial charge in [0.05, 0.1) is 0 Å². The number of thioether (sulfide) groups is 1. The molecule has 0 spiro atoms. The minimum absolute atomic E-state index is 1.03. The Morgan fingerprint density at radius 3 is 2.60 bits per heavy atom. The first-order valence-electron chi connectivity index (χ1n) is 3.85. The van der Waals surface area contributed by atoms with Crippen molar-refractivity contribution in [2.45, 2.75) is 25.7 Å². The Morgan fingerprint density at radius 2 is 2.00 bits per heavy atom. The summed E-state index contributed by atoms with van der Waals surface area (Å²) in [6, 6.07) is 0. The van der Waals surface area contributed by atoms with Gasteiger partial charge >= 0.3 is 0 Å². The maximum atomic E-state index is 3.76. The standard InChI is InChI=1S/C9H17S/c1-3-4-5-6-7-8-9-10-2/h5-6H,1,3-4,7-9H2,2H3/b6-5+. The zero-order valence-electron chi connectivity index (χ0n) is 6.81. The van der Waals surface area contributed by atoms with Gasteiger partial charge in [0.1, 0.15) is 0 Å². The van der Waals surface area contributed by atoms with Crippen molar-refractivity contribution in [2.24, 2.45) is 0 Å². The molecule has 0 aliphatic heterocycles. The topological polar surface area (TPSA) is 0 Å². The predicted molar refractivity (Wildman–Crippen MR) is 51.3 cm³/mol. The molecule has 10 heavy (non-hydrogen) atoms. The molecular weight excluding hydrogens is 140 g/mol. The molecule has 0 N–H and O–H groups in total. The van der Waals surface area contributed by atoms with Gasteiger partial charge < -0.3 is 0 Å². The molecule has 0 aliphatic rings. The molecule has 0 aromatic rings. The SMILES string of the molecule is [CH2]CC/C=C/CCCSC. The fourth-order valence-electron chi connectivity index (χ4n) is 0.699. The van der Waals surface area contributed by atoms with Gasteiger partial charge in [0, 0.05) is 0 Å². The molecule has 0 nitrogen and oxygen atoms in total. The van der Waals surface area contributed by atoms with Gasteiger partial charge in [-0.2, -0.15) is 11.8 Å². The third-order valence-electron chi connectivity index (χ3n) is 1.26. The summed E-state index contributed by atoms with van der Waals surface area (Å²) >= 11 is 1.92. The van der Waals surface area contributed by atoms with Crippen LogP contribution in [0.5, 0.6) is 0 Å². The third-order valence-corrected chi connectivity index (χ3v) is 1.95. The zero-order chi connectivity index (χ0) is 7.66. The molecule has 59 valence electrons. The van der Waals surface area contributed by atoms with E-state index in [1.54, 1.807) is 0 Å². The van der Waals surface area contributed by atoms with Crippen molar-refractivity contribution in [3.63, 3.8) is 0 Å². The van der Waals surface area contributed by atoms with Crippen molar-refractivity contribution in [2.75, 3.05) is 12.0 Å². The Hall–Kier alpha value is 0.0900. The highest BCUT2D eigenvalue weighted by Crippen LogP contribution is 2.00. The first-order chi connectivity index (χ1) is 4.91. The van der Waals surface area contributed by atoms with E-state index < -0.39 is 0 Å². The molecule has 1 heteroatoms. The number of rotatable bonds is 6. The van der Waals surface area contributed by atoms with Gasteiger partial charge in [-0.1, -0.05) is 19.1 Å². The summed E-state index contributed by atoms with van der Waals surface area (Å²) in [6.07, 6.45) is 11.4. The average Bonchev–Trinajstić information content (AvgIpc) is 1.97. The normalized spacial score (nSPS) is 11.0. The molecule has 0 aromatic heterocycles. The van der Waals surface area contributed by atoms with Crippen LogP contribution in [0.3, 0.4) is 0 Å². The number of allylic oxidation sites excluding steroid dienone is 2. The van der Waals surface area contributed by atoms with E-state index in [0.29, 0.717) is 0 Å². The lowest BCUT2D eigenvalue weighted by molar-refractivity contribution is 0.954. The molecule has 0 fully saturated rings. The monoisotopic (exact) mass is 157 g/mol. The fourth-order valence-corrected chi connectivity index (χ4v) is 1.15. The fraction of sp³-hybridized carbons (Fsp3) is 0.667. The first kappa shape index (κ1) is 10.1. The van der Waals surface area contributed by atoms with E-state index in [1.807, 2.05) is 11.8 Å². The molecular formula is C9H17S. The van der Waals surface area contributed by atoms with Crippen LogP contribution in [0.4, 0.5) is 0 Å². The van der Waals surface area contributed by atoms with E-state index in [1.165, 1.54) is 18.6 Å². The van der Waals surface area contributed by atoms with Crippen LogP contribution in [0.1, 0.15) is 25.7 Å². The van der Waals surface area contributed by atoms with Gasteiger partial charge in [0.15, 0.2) is 0 Å². The lowest BCUT2D eigenvalue weighted by Crippen LogP contribution is -1.74. The molecule has 0 bridgehead atoms. The molecule has 0 unspecified atom stereocenters. The van der Waals surface area contributed by atoms with Crippen molar-refractivity contribution < 1.29 is 0 Å². The summed E-state index contributed by atoms with van der Waals surface area (Å²) in [4.78, 5) is 0.